The van der Waals surface area contributed by atoms with Crippen molar-refractivity contribution in [3.63, 3.8) is 0 Å². The highest BCUT2D eigenvalue weighted by Crippen LogP contribution is 2.34. The first kappa shape index (κ1) is 16.4. The molecule has 0 saturated heterocycles. The summed E-state index contributed by atoms with van der Waals surface area (Å²) in [5, 5.41) is 3.06. The van der Waals surface area contributed by atoms with Crippen molar-refractivity contribution in [2.75, 3.05) is 6.79 Å². The predicted molar refractivity (Wildman–Crippen MR) is 98.2 cm³/mol. The summed E-state index contributed by atoms with van der Waals surface area (Å²) in [5.74, 6) is 2.33. The van der Waals surface area contributed by atoms with Crippen molar-refractivity contribution in [1.29, 1.82) is 0 Å². The molecule has 6 heteroatoms. The number of nitrogens with one attached hydrogen (secondary N) is 1. The summed E-state index contributed by atoms with van der Waals surface area (Å²) in [4.78, 5) is 17.2. The van der Waals surface area contributed by atoms with E-state index in [1.807, 2.05) is 60.9 Å². The van der Waals surface area contributed by atoms with Gasteiger partial charge in [0.05, 0.1) is 17.1 Å². The van der Waals surface area contributed by atoms with Crippen LogP contribution in [0.25, 0.3) is 11.0 Å². The number of hydrogen-bond acceptors (Lipinski definition) is 4. The van der Waals surface area contributed by atoms with E-state index in [-0.39, 0.29) is 25.3 Å². The Morgan fingerprint density at radius 2 is 2.04 bits per heavy atom. The first-order valence-electron chi connectivity index (χ1n) is 8.78. The standard InChI is InChI=1S/C20H21N3O3/c1-3-19-22-15-6-4-5-7-16(15)23(19)11-20(24)21-13(2)14-8-9-17-18(10-14)26-12-25-17/h4-10,13H,3,11-12H2,1-2H3,(H,21,24). The third-order valence-electron chi connectivity index (χ3n) is 4.63. The number of carbonyl (C=O) groups is 1. The molecule has 0 fully saturated rings. The van der Waals surface area contributed by atoms with E-state index in [1.165, 1.54) is 0 Å². The minimum Gasteiger partial charge on any atom is -0.454 e. The van der Waals surface area contributed by atoms with Gasteiger partial charge in [0.1, 0.15) is 12.4 Å². The van der Waals surface area contributed by atoms with E-state index in [0.29, 0.717) is 0 Å². The van der Waals surface area contributed by atoms with E-state index >= 15 is 0 Å². The molecule has 1 aromatic heterocycles. The number of imidazole rings is 1. The molecule has 0 radical (unpaired) electrons. The van der Waals surface area contributed by atoms with Gasteiger partial charge in [0.2, 0.25) is 12.7 Å². The fraction of sp³-hybridized carbons (Fsp3) is 0.300. The molecule has 1 N–H and O–H groups in total. The first-order chi connectivity index (χ1) is 12.7. The number of hydrogen-bond donors (Lipinski definition) is 1. The molecular weight excluding hydrogens is 330 g/mol. The van der Waals surface area contributed by atoms with Crippen molar-refractivity contribution in [3.8, 4) is 11.5 Å². The maximum atomic E-state index is 12.6. The monoisotopic (exact) mass is 351 g/mol. The van der Waals surface area contributed by atoms with Gasteiger partial charge in [-0.25, -0.2) is 4.98 Å². The van der Waals surface area contributed by atoms with Crippen LogP contribution in [0.5, 0.6) is 11.5 Å². The van der Waals surface area contributed by atoms with Crippen molar-refractivity contribution in [2.24, 2.45) is 0 Å². The maximum Gasteiger partial charge on any atom is 0.240 e. The van der Waals surface area contributed by atoms with Crippen LogP contribution in [-0.4, -0.2) is 22.3 Å². The van der Waals surface area contributed by atoms with E-state index < -0.39 is 0 Å². The molecule has 1 aliphatic heterocycles. The van der Waals surface area contributed by atoms with Crippen LogP contribution >= 0.6 is 0 Å². The van der Waals surface area contributed by atoms with Gasteiger partial charge in [-0.3, -0.25) is 4.79 Å². The number of rotatable bonds is 5. The van der Waals surface area contributed by atoms with Crippen molar-refractivity contribution in [3.05, 3.63) is 53.9 Å². The summed E-state index contributed by atoms with van der Waals surface area (Å²) >= 11 is 0. The Morgan fingerprint density at radius 3 is 2.88 bits per heavy atom. The summed E-state index contributed by atoms with van der Waals surface area (Å²) in [6.07, 6.45) is 0.777. The lowest BCUT2D eigenvalue weighted by molar-refractivity contribution is -0.122. The van der Waals surface area contributed by atoms with Crippen molar-refractivity contribution in [2.45, 2.75) is 32.9 Å². The number of carbonyl (C=O) groups excluding carboxylic acids is 1. The lowest BCUT2D eigenvalue weighted by atomic mass is 10.1. The van der Waals surface area contributed by atoms with Gasteiger partial charge in [0.15, 0.2) is 11.5 Å². The van der Waals surface area contributed by atoms with Crippen molar-refractivity contribution >= 4 is 16.9 Å². The average molecular weight is 351 g/mol. The minimum atomic E-state index is -0.128. The second-order valence-electron chi connectivity index (χ2n) is 6.36. The van der Waals surface area contributed by atoms with E-state index in [1.54, 1.807) is 0 Å². The second-order valence-corrected chi connectivity index (χ2v) is 6.36. The van der Waals surface area contributed by atoms with Crippen molar-refractivity contribution < 1.29 is 14.3 Å². The summed E-state index contributed by atoms with van der Waals surface area (Å²) in [6.45, 7) is 4.50. The normalized spacial score (nSPS) is 13.8. The number of fused-ring (bicyclic) bond motifs is 2. The molecule has 0 spiro atoms. The lowest BCUT2D eigenvalue weighted by Crippen LogP contribution is -2.30. The second kappa shape index (κ2) is 6.71. The zero-order valence-electron chi connectivity index (χ0n) is 14.9. The highest BCUT2D eigenvalue weighted by molar-refractivity contribution is 5.81. The van der Waals surface area contributed by atoms with Gasteiger partial charge in [-0.1, -0.05) is 25.1 Å². The molecule has 1 unspecified atom stereocenters. The predicted octanol–water partition coefficient (Wildman–Crippen LogP) is 3.20. The third kappa shape index (κ3) is 2.98. The van der Waals surface area contributed by atoms with Gasteiger partial charge >= 0.3 is 0 Å². The number of benzene rings is 2. The number of aryl methyl sites for hydroxylation is 1. The number of para-hydroxylation sites is 2. The van der Waals surface area contributed by atoms with E-state index in [0.717, 1.165) is 40.3 Å². The number of aromatic nitrogens is 2. The van der Waals surface area contributed by atoms with Gasteiger partial charge in [0.25, 0.3) is 0 Å². The van der Waals surface area contributed by atoms with Gasteiger partial charge in [-0.2, -0.15) is 0 Å². The van der Waals surface area contributed by atoms with Crippen LogP contribution in [0.15, 0.2) is 42.5 Å². The van der Waals surface area contributed by atoms with Gasteiger partial charge in [-0.15, -0.1) is 0 Å². The number of ether oxygens (including phenoxy) is 2. The Hall–Kier alpha value is -3.02. The Labute approximate surface area is 151 Å². The molecular formula is C20H21N3O3. The van der Waals surface area contributed by atoms with Crippen LogP contribution in [-0.2, 0) is 17.8 Å². The zero-order chi connectivity index (χ0) is 18.1. The Balaban J connectivity index is 1.50. The van der Waals surface area contributed by atoms with E-state index in [9.17, 15) is 4.79 Å². The van der Waals surface area contributed by atoms with Gasteiger partial charge < -0.3 is 19.4 Å². The Morgan fingerprint density at radius 1 is 1.23 bits per heavy atom. The molecule has 2 aromatic carbocycles. The number of nitrogens with zero attached hydrogens (tertiary/aromatic N) is 2. The first-order valence-corrected chi connectivity index (χ1v) is 8.78. The molecule has 3 aromatic rings. The molecule has 0 bridgehead atoms. The molecule has 6 nitrogen and oxygen atoms in total. The number of amides is 1. The van der Waals surface area contributed by atoms with Crippen LogP contribution < -0.4 is 14.8 Å². The molecule has 2 heterocycles. The van der Waals surface area contributed by atoms with Crippen molar-refractivity contribution in [1.82, 2.24) is 14.9 Å². The zero-order valence-corrected chi connectivity index (χ0v) is 14.9. The van der Waals surface area contributed by atoms with Crippen LogP contribution in [0.4, 0.5) is 0 Å². The molecule has 1 amide bonds. The molecule has 0 saturated carbocycles. The molecule has 1 atom stereocenters. The SMILES string of the molecule is CCc1nc2ccccc2n1CC(=O)NC(C)c1ccc2c(c1)OCO2. The summed E-state index contributed by atoms with van der Waals surface area (Å²) in [6, 6.07) is 13.5. The largest absolute Gasteiger partial charge is 0.454 e. The smallest absolute Gasteiger partial charge is 0.240 e. The maximum absolute atomic E-state index is 12.6. The highest BCUT2D eigenvalue weighted by Gasteiger charge is 2.18. The van der Waals surface area contributed by atoms with E-state index in [2.05, 4.69) is 10.3 Å². The molecule has 134 valence electrons. The summed E-state index contributed by atoms with van der Waals surface area (Å²) in [7, 11) is 0. The van der Waals surface area contributed by atoms with Crippen LogP contribution in [0.1, 0.15) is 31.3 Å². The highest BCUT2D eigenvalue weighted by atomic mass is 16.7. The molecule has 26 heavy (non-hydrogen) atoms. The molecule has 4 rings (SSSR count). The average Bonchev–Trinajstić information content (AvgIpc) is 3.25. The fourth-order valence-electron chi connectivity index (χ4n) is 3.27. The van der Waals surface area contributed by atoms with Gasteiger partial charge in [0, 0.05) is 6.42 Å². The lowest BCUT2D eigenvalue weighted by Gasteiger charge is -2.16. The van der Waals surface area contributed by atoms with E-state index in [4.69, 9.17) is 9.47 Å². The Bertz CT molecular complexity index is 964. The molecule has 1 aliphatic rings. The fourth-order valence-corrected chi connectivity index (χ4v) is 3.27. The van der Waals surface area contributed by atoms with Crippen LogP contribution in [0, 0.1) is 0 Å². The van der Waals surface area contributed by atoms with Crippen LogP contribution in [0.2, 0.25) is 0 Å². The van der Waals surface area contributed by atoms with Gasteiger partial charge in [-0.05, 0) is 36.8 Å². The topological polar surface area (TPSA) is 65.4 Å². The summed E-state index contributed by atoms with van der Waals surface area (Å²) in [5.41, 5.74) is 2.88. The quantitative estimate of drug-likeness (QED) is 0.767. The molecule has 0 aliphatic carbocycles. The third-order valence-corrected chi connectivity index (χ3v) is 4.63. The summed E-state index contributed by atoms with van der Waals surface area (Å²) < 4.78 is 12.7. The minimum absolute atomic E-state index is 0.0481. The van der Waals surface area contributed by atoms with Crippen LogP contribution in [0.3, 0.4) is 0 Å². The Kier molecular flexibility index (Phi) is 4.24.